The molecule has 4 nitrogen and oxygen atoms in total. The molecule has 0 saturated carbocycles. The lowest BCUT2D eigenvalue weighted by Gasteiger charge is -1.93. The number of nitrogens with zero attached hydrogens (tertiary/aromatic N) is 2. The topological polar surface area (TPSA) is 64.1 Å². The van der Waals surface area contributed by atoms with Crippen molar-refractivity contribution in [2.24, 2.45) is 0 Å². The number of benzene rings is 1. The Bertz CT molecular complexity index is 393. The van der Waals surface area contributed by atoms with Crippen molar-refractivity contribution in [1.82, 2.24) is 9.89 Å². The van der Waals surface area contributed by atoms with E-state index in [4.69, 9.17) is 10.9 Å². The van der Waals surface area contributed by atoms with E-state index >= 15 is 0 Å². The molecule has 0 aliphatic rings. The van der Waals surface area contributed by atoms with Crippen LogP contribution < -0.4 is 5.84 Å². The molecule has 0 spiro atoms. The molecule has 1 aromatic carbocycles. The standard InChI is InChI=1S/C7H7N3O/c8-10-7-3-6(11)2-1-5(7)4-9-10/h1-4,11H,8H2. The van der Waals surface area contributed by atoms with Gasteiger partial charge in [-0.3, -0.25) is 0 Å². The Balaban J connectivity index is 2.87. The third-order valence-corrected chi connectivity index (χ3v) is 1.58. The SMILES string of the molecule is Nn1ncc2ccc(O)cc21. The molecule has 56 valence electrons. The van der Waals surface area contributed by atoms with Gasteiger partial charge in [-0.05, 0) is 12.1 Å². The number of rotatable bonds is 0. The molecular weight excluding hydrogens is 142 g/mol. The molecule has 0 atom stereocenters. The number of fused-ring (bicyclic) bond motifs is 1. The van der Waals surface area contributed by atoms with E-state index in [1.54, 1.807) is 24.4 Å². The summed E-state index contributed by atoms with van der Waals surface area (Å²) in [6.07, 6.45) is 1.65. The molecule has 0 fully saturated rings. The zero-order valence-corrected chi connectivity index (χ0v) is 5.73. The van der Waals surface area contributed by atoms with Crippen LogP contribution in [0.4, 0.5) is 0 Å². The van der Waals surface area contributed by atoms with Gasteiger partial charge < -0.3 is 10.9 Å². The summed E-state index contributed by atoms with van der Waals surface area (Å²) >= 11 is 0. The van der Waals surface area contributed by atoms with Crippen LogP contribution in [0.1, 0.15) is 0 Å². The Morgan fingerprint density at radius 3 is 3.09 bits per heavy atom. The Labute approximate surface area is 62.8 Å². The van der Waals surface area contributed by atoms with Crippen LogP contribution in [0.25, 0.3) is 10.9 Å². The summed E-state index contributed by atoms with van der Waals surface area (Å²) in [6, 6.07) is 4.94. The van der Waals surface area contributed by atoms with Gasteiger partial charge in [-0.15, -0.1) is 0 Å². The second-order valence-corrected chi connectivity index (χ2v) is 2.33. The molecule has 4 heteroatoms. The fourth-order valence-electron chi connectivity index (χ4n) is 1.03. The highest BCUT2D eigenvalue weighted by atomic mass is 16.3. The van der Waals surface area contributed by atoms with Crippen LogP contribution in [0.5, 0.6) is 5.75 Å². The summed E-state index contributed by atoms with van der Waals surface area (Å²) in [7, 11) is 0. The van der Waals surface area contributed by atoms with E-state index in [1.165, 1.54) is 4.79 Å². The summed E-state index contributed by atoms with van der Waals surface area (Å²) in [5.74, 6) is 5.64. The van der Waals surface area contributed by atoms with Crippen molar-refractivity contribution in [2.45, 2.75) is 0 Å². The first-order chi connectivity index (χ1) is 5.27. The Kier molecular flexibility index (Phi) is 1.03. The monoisotopic (exact) mass is 149 g/mol. The van der Waals surface area contributed by atoms with Crippen LogP contribution in [0.3, 0.4) is 0 Å². The first kappa shape index (κ1) is 6.03. The number of phenolic OH excluding ortho intramolecular Hbond substituents is 1. The van der Waals surface area contributed by atoms with Crippen molar-refractivity contribution < 1.29 is 5.11 Å². The van der Waals surface area contributed by atoms with Gasteiger partial charge in [0.25, 0.3) is 0 Å². The van der Waals surface area contributed by atoms with Gasteiger partial charge in [-0.1, -0.05) is 0 Å². The first-order valence-corrected chi connectivity index (χ1v) is 3.19. The summed E-state index contributed by atoms with van der Waals surface area (Å²) < 4.78 is 0. The highest BCUT2D eigenvalue weighted by Crippen LogP contribution is 2.17. The van der Waals surface area contributed by atoms with Gasteiger partial charge in [-0.25, -0.2) is 0 Å². The summed E-state index contributed by atoms with van der Waals surface area (Å²) in [5.41, 5.74) is 0.727. The molecular formula is C7H7N3O. The highest BCUT2D eigenvalue weighted by molar-refractivity contribution is 5.79. The molecule has 1 aromatic heterocycles. The zero-order chi connectivity index (χ0) is 7.84. The highest BCUT2D eigenvalue weighted by Gasteiger charge is 1.98. The maximum absolute atomic E-state index is 9.08. The molecule has 0 saturated heterocycles. The van der Waals surface area contributed by atoms with Crippen LogP contribution in [0.2, 0.25) is 0 Å². The number of aromatic nitrogens is 2. The minimum absolute atomic E-state index is 0.199. The third-order valence-electron chi connectivity index (χ3n) is 1.58. The van der Waals surface area contributed by atoms with E-state index in [9.17, 15) is 0 Å². The smallest absolute Gasteiger partial charge is 0.117 e. The maximum atomic E-state index is 9.08. The van der Waals surface area contributed by atoms with Gasteiger partial charge in [0, 0.05) is 11.5 Å². The van der Waals surface area contributed by atoms with Crippen molar-refractivity contribution in [3.8, 4) is 5.75 Å². The Hall–Kier alpha value is -1.71. The number of phenols is 1. The Morgan fingerprint density at radius 2 is 2.27 bits per heavy atom. The van der Waals surface area contributed by atoms with Crippen molar-refractivity contribution in [3.63, 3.8) is 0 Å². The second kappa shape index (κ2) is 1.88. The number of hydrogen-bond acceptors (Lipinski definition) is 3. The molecule has 0 aliphatic carbocycles. The van der Waals surface area contributed by atoms with Crippen molar-refractivity contribution in [3.05, 3.63) is 24.4 Å². The van der Waals surface area contributed by atoms with Gasteiger partial charge >= 0.3 is 0 Å². The van der Waals surface area contributed by atoms with Crippen molar-refractivity contribution in [1.29, 1.82) is 0 Å². The van der Waals surface area contributed by atoms with E-state index in [0.29, 0.717) is 0 Å². The van der Waals surface area contributed by atoms with Crippen LogP contribution >= 0.6 is 0 Å². The lowest BCUT2D eigenvalue weighted by molar-refractivity contribution is 0.476. The van der Waals surface area contributed by atoms with Gasteiger partial charge in [0.15, 0.2) is 0 Å². The van der Waals surface area contributed by atoms with Crippen molar-refractivity contribution >= 4 is 10.9 Å². The van der Waals surface area contributed by atoms with E-state index in [0.717, 1.165) is 10.9 Å². The number of aromatic hydroxyl groups is 1. The average Bonchev–Trinajstić information content (AvgIpc) is 2.33. The van der Waals surface area contributed by atoms with Gasteiger partial charge in [-0.2, -0.15) is 9.89 Å². The van der Waals surface area contributed by atoms with Crippen LogP contribution in [-0.2, 0) is 0 Å². The molecule has 0 bridgehead atoms. The number of hydrogen-bond donors (Lipinski definition) is 2. The van der Waals surface area contributed by atoms with Gasteiger partial charge in [0.2, 0.25) is 0 Å². The van der Waals surface area contributed by atoms with Gasteiger partial charge in [0.05, 0.1) is 11.7 Å². The Morgan fingerprint density at radius 1 is 1.45 bits per heavy atom. The van der Waals surface area contributed by atoms with E-state index in [-0.39, 0.29) is 5.75 Å². The third kappa shape index (κ3) is 0.797. The molecule has 2 aromatic rings. The minimum Gasteiger partial charge on any atom is -0.508 e. The summed E-state index contributed by atoms with van der Waals surface area (Å²) in [5, 5.41) is 13.8. The van der Waals surface area contributed by atoms with Gasteiger partial charge in [0.1, 0.15) is 5.75 Å². The number of nitrogen functional groups attached to an aromatic ring is 1. The van der Waals surface area contributed by atoms with Crippen molar-refractivity contribution in [2.75, 3.05) is 5.84 Å². The van der Waals surface area contributed by atoms with E-state index < -0.39 is 0 Å². The molecule has 0 unspecified atom stereocenters. The largest absolute Gasteiger partial charge is 0.508 e. The zero-order valence-electron chi connectivity index (χ0n) is 5.73. The molecule has 0 aliphatic heterocycles. The lowest BCUT2D eigenvalue weighted by Crippen LogP contribution is -2.08. The summed E-state index contributed by atoms with van der Waals surface area (Å²) in [6.45, 7) is 0. The predicted molar refractivity (Wildman–Crippen MR) is 41.5 cm³/mol. The molecule has 0 radical (unpaired) electrons. The molecule has 3 N–H and O–H groups in total. The van der Waals surface area contributed by atoms with Crippen LogP contribution in [0.15, 0.2) is 24.4 Å². The summed E-state index contributed by atoms with van der Waals surface area (Å²) in [4.78, 5) is 1.23. The van der Waals surface area contributed by atoms with E-state index in [1.807, 2.05) is 0 Å². The minimum atomic E-state index is 0.199. The van der Waals surface area contributed by atoms with E-state index in [2.05, 4.69) is 5.10 Å². The van der Waals surface area contributed by atoms with Crippen LogP contribution in [0, 0.1) is 0 Å². The lowest BCUT2D eigenvalue weighted by atomic mass is 10.2. The second-order valence-electron chi connectivity index (χ2n) is 2.33. The molecule has 2 rings (SSSR count). The fraction of sp³-hybridized carbons (Fsp3) is 0. The molecule has 1 heterocycles. The normalized spacial score (nSPS) is 10.5. The molecule has 11 heavy (non-hydrogen) atoms. The fourth-order valence-corrected chi connectivity index (χ4v) is 1.03. The first-order valence-electron chi connectivity index (χ1n) is 3.19. The quantitative estimate of drug-likeness (QED) is 0.535. The van der Waals surface area contributed by atoms with Crippen LogP contribution in [-0.4, -0.2) is 15.0 Å². The number of nitrogens with two attached hydrogens (primary N) is 1. The predicted octanol–water partition coefficient (Wildman–Crippen LogP) is 0.456. The maximum Gasteiger partial charge on any atom is 0.117 e. The average molecular weight is 149 g/mol. The molecule has 0 amide bonds.